The number of nitro groups is 1. The highest BCUT2D eigenvalue weighted by atomic mass is 35.5. The molecule has 0 radical (unpaired) electrons. The van der Waals surface area contributed by atoms with Crippen LogP contribution in [0.25, 0.3) is 0 Å². The second-order valence-corrected chi connectivity index (χ2v) is 4.60. The monoisotopic (exact) mass is 291 g/mol. The minimum Gasteiger partial charge on any atom is -0.384 e. The maximum absolute atomic E-state index is 11.0. The third kappa shape index (κ3) is 2.23. The minimum absolute atomic E-state index is 0.0381. The standard InChI is InChI=1S/C12H10ClN5O2/c13-12-15-6-10(18(19)20)11(17-12)16-9-3-1-2-8-7(9)4-5-14-8/h1-3,6,14H,4-5H2,(H,15,16,17). The van der Waals surface area contributed by atoms with Crippen molar-refractivity contribution in [2.75, 3.05) is 17.2 Å². The van der Waals surface area contributed by atoms with E-state index in [4.69, 9.17) is 11.6 Å². The molecule has 7 nitrogen and oxygen atoms in total. The summed E-state index contributed by atoms with van der Waals surface area (Å²) in [6.07, 6.45) is 1.95. The van der Waals surface area contributed by atoms with Crippen molar-refractivity contribution in [1.29, 1.82) is 0 Å². The number of halogens is 1. The van der Waals surface area contributed by atoms with Gasteiger partial charge in [0.1, 0.15) is 6.20 Å². The number of fused-ring (bicyclic) bond motifs is 1. The molecule has 0 bridgehead atoms. The molecule has 102 valence electrons. The lowest BCUT2D eigenvalue weighted by molar-refractivity contribution is -0.384. The van der Waals surface area contributed by atoms with Gasteiger partial charge in [-0.25, -0.2) is 4.98 Å². The van der Waals surface area contributed by atoms with Crippen LogP contribution in [0, 0.1) is 10.1 Å². The first-order valence-corrected chi connectivity index (χ1v) is 6.32. The number of nitrogens with zero attached hydrogens (tertiary/aromatic N) is 3. The Kier molecular flexibility index (Phi) is 3.11. The first kappa shape index (κ1) is 12.6. The van der Waals surface area contributed by atoms with Crippen molar-refractivity contribution < 1.29 is 4.92 Å². The van der Waals surface area contributed by atoms with Crippen LogP contribution < -0.4 is 10.6 Å². The molecule has 0 unspecified atom stereocenters. The van der Waals surface area contributed by atoms with Gasteiger partial charge in [-0.3, -0.25) is 10.1 Å². The van der Waals surface area contributed by atoms with Crippen LogP contribution in [0.5, 0.6) is 0 Å². The lowest BCUT2D eigenvalue weighted by Gasteiger charge is -2.10. The molecule has 1 aliphatic rings. The quantitative estimate of drug-likeness (QED) is 0.513. The van der Waals surface area contributed by atoms with Crippen molar-refractivity contribution in [1.82, 2.24) is 9.97 Å². The molecule has 0 atom stereocenters. The van der Waals surface area contributed by atoms with Crippen molar-refractivity contribution in [3.8, 4) is 0 Å². The van der Waals surface area contributed by atoms with E-state index in [1.54, 1.807) is 0 Å². The van der Waals surface area contributed by atoms with Gasteiger partial charge in [0.25, 0.3) is 0 Å². The summed E-state index contributed by atoms with van der Waals surface area (Å²) in [4.78, 5) is 18.0. The zero-order valence-corrected chi connectivity index (χ0v) is 11.0. The fourth-order valence-corrected chi connectivity index (χ4v) is 2.30. The molecule has 1 aromatic heterocycles. The molecule has 8 heteroatoms. The maximum atomic E-state index is 11.0. The summed E-state index contributed by atoms with van der Waals surface area (Å²) in [6.45, 7) is 0.848. The molecule has 0 fully saturated rings. The number of anilines is 3. The van der Waals surface area contributed by atoms with Gasteiger partial charge in [0, 0.05) is 23.5 Å². The predicted octanol–water partition coefficient (Wildman–Crippen LogP) is 2.75. The predicted molar refractivity (Wildman–Crippen MR) is 75.6 cm³/mol. The smallest absolute Gasteiger partial charge is 0.329 e. The molecule has 1 aliphatic heterocycles. The SMILES string of the molecule is O=[N+]([O-])c1cnc(Cl)nc1Nc1cccc2c1CCN2. The minimum atomic E-state index is -0.542. The zero-order chi connectivity index (χ0) is 14.1. The Morgan fingerprint density at radius 1 is 1.45 bits per heavy atom. The first-order valence-electron chi connectivity index (χ1n) is 5.95. The highest BCUT2D eigenvalue weighted by molar-refractivity contribution is 6.28. The lowest BCUT2D eigenvalue weighted by atomic mass is 10.1. The molecule has 2 heterocycles. The second kappa shape index (κ2) is 4.93. The fraction of sp³-hybridized carbons (Fsp3) is 0.167. The maximum Gasteiger partial charge on any atom is 0.329 e. The third-order valence-electron chi connectivity index (χ3n) is 3.06. The molecule has 0 amide bonds. The molecule has 2 aromatic rings. The van der Waals surface area contributed by atoms with Crippen LogP contribution in [0.15, 0.2) is 24.4 Å². The molecule has 0 spiro atoms. The summed E-state index contributed by atoms with van der Waals surface area (Å²) in [5.74, 6) is 0.0929. The van der Waals surface area contributed by atoms with Crippen molar-refractivity contribution in [2.45, 2.75) is 6.42 Å². The van der Waals surface area contributed by atoms with E-state index < -0.39 is 4.92 Å². The van der Waals surface area contributed by atoms with E-state index in [0.717, 1.165) is 36.1 Å². The van der Waals surface area contributed by atoms with Crippen molar-refractivity contribution in [3.63, 3.8) is 0 Å². The Morgan fingerprint density at radius 3 is 3.10 bits per heavy atom. The van der Waals surface area contributed by atoms with E-state index in [1.807, 2.05) is 18.2 Å². The molecule has 0 saturated heterocycles. The van der Waals surface area contributed by atoms with Gasteiger partial charge in [-0.15, -0.1) is 0 Å². The third-order valence-corrected chi connectivity index (χ3v) is 3.24. The summed E-state index contributed by atoms with van der Waals surface area (Å²) >= 11 is 5.71. The van der Waals surface area contributed by atoms with E-state index >= 15 is 0 Å². The number of hydrogen-bond acceptors (Lipinski definition) is 6. The van der Waals surface area contributed by atoms with Crippen LogP contribution in [-0.4, -0.2) is 21.4 Å². The van der Waals surface area contributed by atoms with Gasteiger partial charge in [-0.2, -0.15) is 4.98 Å². The van der Waals surface area contributed by atoms with E-state index in [2.05, 4.69) is 20.6 Å². The van der Waals surface area contributed by atoms with Crippen molar-refractivity contribution in [3.05, 3.63) is 45.4 Å². The highest BCUT2D eigenvalue weighted by Gasteiger charge is 2.20. The number of rotatable bonds is 3. The molecular formula is C12H10ClN5O2. The van der Waals surface area contributed by atoms with E-state index in [0.29, 0.717) is 0 Å². The van der Waals surface area contributed by atoms with Gasteiger partial charge >= 0.3 is 5.69 Å². The van der Waals surface area contributed by atoms with Crippen LogP contribution in [0.1, 0.15) is 5.56 Å². The van der Waals surface area contributed by atoms with Crippen LogP contribution in [0.3, 0.4) is 0 Å². The van der Waals surface area contributed by atoms with Gasteiger partial charge in [0.15, 0.2) is 0 Å². The normalized spacial score (nSPS) is 12.7. The van der Waals surface area contributed by atoms with Gasteiger partial charge in [-0.1, -0.05) is 6.07 Å². The molecule has 0 aliphatic carbocycles. The van der Waals surface area contributed by atoms with Gasteiger partial charge in [0.2, 0.25) is 11.1 Å². The lowest BCUT2D eigenvalue weighted by Crippen LogP contribution is -2.02. The summed E-state index contributed by atoms with van der Waals surface area (Å²) in [5, 5.41) is 17.2. The number of aromatic nitrogens is 2. The molecule has 2 N–H and O–H groups in total. The molecule has 1 aromatic carbocycles. The topological polar surface area (TPSA) is 93.0 Å². The van der Waals surface area contributed by atoms with Crippen LogP contribution >= 0.6 is 11.6 Å². The average Bonchev–Trinajstić information content (AvgIpc) is 2.88. The van der Waals surface area contributed by atoms with Gasteiger partial charge < -0.3 is 10.6 Å². The summed E-state index contributed by atoms with van der Waals surface area (Å²) in [7, 11) is 0. The summed E-state index contributed by atoms with van der Waals surface area (Å²) in [6, 6.07) is 5.69. The van der Waals surface area contributed by atoms with E-state index in [-0.39, 0.29) is 16.8 Å². The number of hydrogen-bond donors (Lipinski definition) is 2. The molecular weight excluding hydrogens is 282 g/mol. The number of benzene rings is 1. The second-order valence-electron chi connectivity index (χ2n) is 4.26. The molecule has 0 saturated carbocycles. The Morgan fingerprint density at radius 2 is 2.30 bits per heavy atom. The van der Waals surface area contributed by atoms with Crippen LogP contribution in [0.2, 0.25) is 5.28 Å². The Bertz CT molecular complexity index is 692. The van der Waals surface area contributed by atoms with Gasteiger partial charge in [0.05, 0.1) is 4.92 Å². The zero-order valence-electron chi connectivity index (χ0n) is 10.3. The van der Waals surface area contributed by atoms with Crippen LogP contribution in [-0.2, 0) is 6.42 Å². The first-order chi connectivity index (χ1) is 9.65. The van der Waals surface area contributed by atoms with Crippen LogP contribution in [0.4, 0.5) is 22.9 Å². The largest absolute Gasteiger partial charge is 0.384 e. The summed E-state index contributed by atoms with van der Waals surface area (Å²) < 4.78 is 0. The van der Waals surface area contributed by atoms with E-state index in [9.17, 15) is 10.1 Å². The van der Waals surface area contributed by atoms with Gasteiger partial charge in [-0.05, 0) is 30.2 Å². The Hall–Kier alpha value is -2.41. The fourth-order valence-electron chi connectivity index (χ4n) is 2.17. The highest BCUT2D eigenvalue weighted by Crippen LogP contribution is 2.33. The molecule has 20 heavy (non-hydrogen) atoms. The Balaban J connectivity index is 2.02. The van der Waals surface area contributed by atoms with E-state index in [1.165, 1.54) is 0 Å². The number of nitrogens with one attached hydrogen (secondary N) is 2. The van der Waals surface area contributed by atoms with Crippen molar-refractivity contribution in [2.24, 2.45) is 0 Å². The van der Waals surface area contributed by atoms with Crippen molar-refractivity contribution >= 4 is 34.5 Å². The Labute approximate surface area is 119 Å². The molecule has 3 rings (SSSR count). The summed E-state index contributed by atoms with van der Waals surface area (Å²) in [5.41, 5.74) is 2.68. The average molecular weight is 292 g/mol.